The number of hydrogen-bond donors (Lipinski definition) is 1. The molecule has 0 unspecified atom stereocenters. The van der Waals surface area contributed by atoms with Crippen molar-refractivity contribution in [3.8, 4) is 0 Å². The third-order valence-corrected chi connectivity index (χ3v) is 6.48. The molecule has 0 aromatic rings. The van der Waals surface area contributed by atoms with Crippen LogP contribution in [0.4, 0.5) is 8.78 Å². The molecule has 158 valence electrons. The quantitative estimate of drug-likeness (QED) is 0.332. The number of alkyl halides is 2. The minimum Gasteiger partial charge on any atom is -0.356 e. The molecule has 0 atom stereocenters. The van der Waals surface area contributed by atoms with E-state index in [1.165, 1.54) is 0 Å². The van der Waals surface area contributed by atoms with Gasteiger partial charge >= 0.3 is 5.76 Å². The summed E-state index contributed by atoms with van der Waals surface area (Å²) >= 11 is 0. The summed E-state index contributed by atoms with van der Waals surface area (Å²) in [5.41, 5.74) is 0. The van der Waals surface area contributed by atoms with Crippen LogP contribution in [-0.4, -0.2) is 93.0 Å². The molecule has 2 aliphatic heterocycles. The molecule has 2 fully saturated rings. The van der Waals surface area contributed by atoms with Crippen LogP contribution >= 0.6 is 24.0 Å². The molecule has 2 aliphatic rings. The van der Waals surface area contributed by atoms with Crippen molar-refractivity contribution in [2.24, 2.45) is 10.9 Å². The molecule has 0 aliphatic carbocycles. The summed E-state index contributed by atoms with van der Waals surface area (Å²) in [7, 11) is -2.78. The van der Waals surface area contributed by atoms with Crippen molar-refractivity contribution >= 4 is 45.9 Å². The summed E-state index contributed by atoms with van der Waals surface area (Å²) in [6.07, 6.45) is 1.07. The fourth-order valence-electron chi connectivity index (χ4n) is 3.28. The van der Waals surface area contributed by atoms with Crippen molar-refractivity contribution < 1.29 is 22.0 Å². The first-order valence-corrected chi connectivity index (χ1v) is 10.2. The van der Waals surface area contributed by atoms with E-state index in [9.17, 15) is 22.0 Å². The molecule has 2 heterocycles. The molecule has 8 nitrogen and oxygen atoms in total. The Morgan fingerprint density at radius 2 is 1.63 bits per heavy atom. The third kappa shape index (κ3) is 6.38. The van der Waals surface area contributed by atoms with Gasteiger partial charge in [-0.1, -0.05) is 0 Å². The smallest absolute Gasteiger partial charge is 0.350 e. The van der Waals surface area contributed by atoms with Gasteiger partial charge in [0, 0.05) is 59.8 Å². The summed E-state index contributed by atoms with van der Waals surface area (Å²) in [5, 5.41) is 3.29. The van der Waals surface area contributed by atoms with E-state index in [0.29, 0.717) is 45.6 Å². The number of amides is 1. The van der Waals surface area contributed by atoms with E-state index in [2.05, 4.69) is 15.2 Å². The zero-order chi connectivity index (χ0) is 19.3. The molecule has 0 radical (unpaired) electrons. The summed E-state index contributed by atoms with van der Waals surface area (Å²) in [6.45, 7) is 5.11. The molecule has 2 rings (SSSR count). The standard InChI is InChI=1S/C15H27F2N5O3S.HI/c1-12(23)20-7-9-21(10-8-20)15(18-2)19-11-13-3-5-22(6-4-13)26(24,25)14(16)17;/h13-14H,3-11H2,1-2H3,(H,18,19);1H. The number of hydrogen-bond acceptors (Lipinski definition) is 4. The Morgan fingerprint density at radius 3 is 2.07 bits per heavy atom. The molecule has 0 spiro atoms. The van der Waals surface area contributed by atoms with Gasteiger partial charge in [0.2, 0.25) is 5.91 Å². The lowest BCUT2D eigenvalue weighted by atomic mass is 9.98. The number of sulfonamides is 1. The van der Waals surface area contributed by atoms with E-state index in [1.54, 1.807) is 18.9 Å². The Labute approximate surface area is 176 Å². The van der Waals surface area contributed by atoms with E-state index in [1.807, 2.05) is 0 Å². The second kappa shape index (κ2) is 10.7. The first kappa shape index (κ1) is 24.3. The molecule has 0 aromatic carbocycles. The molecule has 0 aromatic heterocycles. The number of guanidine groups is 1. The second-order valence-electron chi connectivity index (χ2n) is 6.57. The van der Waals surface area contributed by atoms with Gasteiger partial charge < -0.3 is 15.1 Å². The van der Waals surface area contributed by atoms with E-state index in [0.717, 1.165) is 10.3 Å². The monoisotopic (exact) mass is 523 g/mol. The predicted molar refractivity (Wildman–Crippen MR) is 110 cm³/mol. The van der Waals surface area contributed by atoms with Crippen molar-refractivity contribution in [2.75, 3.05) is 52.9 Å². The van der Waals surface area contributed by atoms with Crippen LogP contribution in [0.25, 0.3) is 0 Å². The zero-order valence-electron chi connectivity index (χ0n) is 15.6. The number of piperidine rings is 1. The maximum atomic E-state index is 12.6. The lowest BCUT2D eigenvalue weighted by molar-refractivity contribution is -0.130. The van der Waals surface area contributed by atoms with Gasteiger partial charge in [0.15, 0.2) is 5.96 Å². The summed E-state index contributed by atoms with van der Waals surface area (Å²) in [5.74, 6) is -2.34. The molecule has 1 N–H and O–H groups in total. The van der Waals surface area contributed by atoms with Crippen LogP contribution in [0.15, 0.2) is 4.99 Å². The first-order chi connectivity index (χ1) is 12.3. The Hall–Kier alpha value is -0.760. The van der Waals surface area contributed by atoms with Gasteiger partial charge in [0.1, 0.15) is 0 Å². The average molecular weight is 523 g/mol. The topological polar surface area (TPSA) is 85.3 Å². The molecule has 12 heteroatoms. The zero-order valence-corrected chi connectivity index (χ0v) is 18.8. The molecule has 2 saturated heterocycles. The molecular weight excluding hydrogens is 495 g/mol. The van der Waals surface area contributed by atoms with Gasteiger partial charge in [-0.3, -0.25) is 9.79 Å². The average Bonchev–Trinajstić information content (AvgIpc) is 2.63. The van der Waals surface area contributed by atoms with Gasteiger partial charge in [-0.15, -0.1) is 24.0 Å². The van der Waals surface area contributed by atoms with Crippen molar-refractivity contribution in [3.63, 3.8) is 0 Å². The normalized spacial score (nSPS) is 20.6. The number of rotatable bonds is 4. The van der Waals surface area contributed by atoms with Crippen LogP contribution in [0.3, 0.4) is 0 Å². The number of piperazine rings is 1. The highest BCUT2D eigenvalue weighted by molar-refractivity contribution is 14.0. The van der Waals surface area contributed by atoms with Gasteiger partial charge in [0.25, 0.3) is 10.0 Å². The molecule has 27 heavy (non-hydrogen) atoms. The van der Waals surface area contributed by atoms with Crippen molar-refractivity contribution in [1.82, 2.24) is 19.4 Å². The van der Waals surface area contributed by atoms with Crippen LogP contribution in [-0.2, 0) is 14.8 Å². The van der Waals surface area contributed by atoms with Gasteiger partial charge in [-0.05, 0) is 18.8 Å². The molecule has 0 saturated carbocycles. The SMILES string of the molecule is CN=C(NCC1CCN(S(=O)(=O)C(F)F)CC1)N1CCN(C(C)=O)CC1.I. The van der Waals surface area contributed by atoms with Crippen molar-refractivity contribution in [1.29, 1.82) is 0 Å². The fourth-order valence-corrected chi connectivity index (χ4v) is 4.23. The highest BCUT2D eigenvalue weighted by Crippen LogP contribution is 2.22. The van der Waals surface area contributed by atoms with Crippen LogP contribution in [0.5, 0.6) is 0 Å². The lowest BCUT2D eigenvalue weighted by Crippen LogP contribution is -2.54. The number of nitrogens with one attached hydrogen (secondary N) is 1. The Kier molecular flexibility index (Phi) is 9.62. The van der Waals surface area contributed by atoms with Crippen molar-refractivity contribution in [2.45, 2.75) is 25.5 Å². The molecular formula is C15H28F2IN5O3S. The van der Waals surface area contributed by atoms with E-state index in [-0.39, 0.29) is 48.9 Å². The molecule has 1 amide bonds. The Bertz CT molecular complexity index is 619. The Balaban J connectivity index is 0.00000364. The second-order valence-corrected chi connectivity index (χ2v) is 8.47. The number of halogens is 3. The fraction of sp³-hybridized carbons (Fsp3) is 0.867. The van der Waals surface area contributed by atoms with E-state index in [4.69, 9.17) is 0 Å². The van der Waals surface area contributed by atoms with Crippen LogP contribution < -0.4 is 5.32 Å². The van der Waals surface area contributed by atoms with Crippen LogP contribution in [0.2, 0.25) is 0 Å². The Morgan fingerprint density at radius 1 is 1.11 bits per heavy atom. The predicted octanol–water partition coefficient (Wildman–Crippen LogP) is 0.608. The minimum absolute atomic E-state index is 0. The maximum absolute atomic E-state index is 12.6. The minimum atomic E-state index is -4.47. The van der Waals surface area contributed by atoms with Crippen LogP contribution in [0.1, 0.15) is 19.8 Å². The summed E-state index contributed by atoms with van der Waals surface area (Å²) in [4.78, 5) is 19.5. The largest absolute Gasteiger partial charge is 0.356 e. The lowest BCUT2D eigenvalue weighted by Gasteiger charge is -2.37. The summed E-state index contributed by atoms with van der Waals surface area (Å²) in [6, 6.07) is 0. The number of nitrogens with zero attached hydrogens (tertiary/aromatic N) is 4. The number of aliphatic imine (C=N–C) groups is 1. The highest BCUT2D eigenvalue weighted by atomic mass is 127. The van der Waals surface area contributed by atoms with Crippen molar-refractivity contribution in [3.05, 3.63) is 0 Å². The van der Waals surface area contributed by atoms with E-state index < -0.39 is 15.8 Å². The molecule has 0 bridgehead atoms. The van der Waals surface area contributed by atoms with Gasteiger partial charge in [-0.2, -0.15) is 13.1 Å². The maximum Gasteiger partial charge on any atom is 0.350 e. The number of carbonyl (C=O) groups excluding carboxylic acids is 1. The summed E-state index contributed by atoms with van der Waals surface area (Å²) < 4.78 is 49.0. The van der Waals surface area contributed by atoms with Gasteiger partial charge in [0.05, 0.1) is 0 Å². The first-order valence-electron chi connectivity index (χ1n) is 8.74. The highest BCUT2D eigenvalue weighted by Gasteiger charge is 2.34. The number of carbonyl (C=O) groups is 1. The van der Waals surface area contributed by atoms with Crippen LogP contribution in [0, 0.1) is 5.92 Å². The van der Waals surface area contributed by atoms with Gasteiger partial charge in [-0.25, -0.2) is 8.42 Å². The third-order valence-electron chi connectivity index (χ3n) is 4.94. The van der Waals surface area contributed by atoms with E-state index >= 15 is 0 Å².